The van der Waals surface area contributed by atoms with Crippen molar-refractivity contribution in [2.24, 2.45) is 0 Å². The fourth-order valence-electron chi connectivity index (χ4n) is 5.59. The van der Waals surface area contributed by atoms with E-state index in [0.717, 1.165) is 71.2 Å². The van der Waals surface area contributed by atoms with Crippen LogP contribution in [-0.2, 0) is 27.2 Å². The molecule has 2 heterocycles. The minimum absolute atomic E-state index is 0.0225. The quantitative estimate of drug-likeness (QED) is 0.0974. The van der Waals surface area contributed by atoms with E-state index in [1.807, 2.05) is 48.5 Å². The number of fused-ring (bicyclic) bond motifs is 1. The molecule has 9 heteroatoms. The van der Waals surface area contributed by atoms with Gasteiger partial charge in [0.25, 0.3) is 0 Å². The zero-order valence-corrected chi connectivity index (χ0v) is 25.2. The van der Waals surface area contributed by atoms with Crippen LogP contribution >= 0.6 is 11.8 Å². The van der Waals surface area contributed by atoms with Gasteiger partial charge in [0.2, 0.25) is 11.8 Å². The van der Waals surface area contributed by atoms with Crippen molar-refractivity contribution in [3.8, 4) is 17.2 Å². The van der Waals surface area contributed by atoms with Gasteiger partial charge in [-0.25, -0.2) is 14.7 Å². The highest BCUT2D eigenvalue weighted by Crippen LogP contribution is 2.36. The molecule has 3 aromatic carbocycles. The van der Waals surface area contributed by atoms with Crippen LogP contribution in [-0.4, -0.2) is 40.4 Å². The third-order valence-corrected chi connectivity index (χ3v) is 9.19. The second-order valence-electron chi connectivity index (χ2n) is 11.0. The van der Waals surface area contributed by atoms with E-state index in [-0.39, 0.29) is 23.7 Å². The Hall–Kier alpha value is -5.07. The van der Waals surface area contributed by atoms with Crippen molar-refractivity contribution in [3.05, 3.63) is 113 Å². The molecule has 224 valence electrons. The van der Waals surface area contributed by atoms with Gasteiger partial charge in [0.05, 0.1) is 22.1 Å². The van der Waals surface area contributed by atoms with E-state index in [0.29, 0.717) is 21.8 Å². The molecule has 1 fully saturated rings. The molecule has 0 spiro atoms. The predicted molar refractivity (Wildman–Crippen MR) is 170 cm³/mol. The number of carbonyl (C=O) groups is 4. The Labute approximate surface area is 265 Å². The number of nitriles is 1. The lowest BCUT2D eigenvalue weighted by atomic mass is 10.0. The summed E-state index contributed by atoms with van der Waals surface area (Å²) in [6.45, 7) is -0.422. The van der Waals surface area contributed by atoms with Crippen LogP contribution in [0.5, 0.6) is 0 Å². The first-order chi connectivity index (χ1) is 21.9. The van der Waals surface area contributed by atoms with Crippen molar-refractivity contribution >= 4 is 41.0 Å². The number of imide groups is 1. The third-order valence-electron chi connectivity index (χ3n) is 8.00. The Bertz CT molecular complexity index is 1810. The van der Waals surface area contributed by atoms with Gasteiger partial charge < -0.3 is 4.74 Å². The number of aromatic nitrogens is 1. The minimum Gasteiger partial charge on any atom is -0.454 e. The zero-order valence-electron chi connectivity index (χ0n) is 24.4. The summed E-state index contributed by atoms with van der Waals surface area (Å²) in [6, 6.07) is 26.9. The number of hydrogen-bond acceptors (Lipinski definition) is 8. The highest BCUT2D eigenvalue weighted by molar-refractivity contribution is 8.00. The number of benzene rings is 3. The van der Waals surface area contributed by atoms with E-state index in [4.69, 9.17) is 9.72 Å². The summed E-state index contributed by atoms with van der Waals surface area (Å²) in [5, 5.41) is 9.50. The lowest BCUT2D eigenvalue weighted by molar-refractivity contribution is -0.121. The van der Waals surface area contributed by atoms with Crippen LogP contribution in [0.2, 0.25) is 0 Å². The third kappa shape index (κ3) is 6.56. The number of carbonyl (C=O) groups excluding carboxylic acids is 4. The van der Waals surface area contributed by atoms with Crippen LogP contribution in [0.15, 0.2) is 90.0 Å². The SMILES string of the molecule is N#Cc1cc2c(nc1SC1CC(=O)N(c3ccc(C(=O)OCC(=O)c4ccc(-c5ccccc5)cc4)cc3)C1=O)CCCCC2. The summed E-state index contributed by atoms with van der Waals surface area (Å²) in [7, 11) is 0. The summed E-state index contributed by atoms with van der Waals surface area (Å²) in [4.78, 5) is 57.4. The normalized spacial score (nSPS) is 16.1. The molecule has 1 aliphatic heterocycles. The molecule has 2 aliphatic rings. The Morgan fingerprint density at radius 3 is 2.31 bits per heavy atom. The van der Waals surface area contributed by atoms with Gasteiger partial charge in [0.1, 0.15) is 11.1 Å². The highest BCUT2D eigenvalue weighted by Gasteiger charge is 2.41. The molecule has 0 saturated carbocycles. The monoisotopic (exact) mass is 615 g/mol. The summed E-state index contributed by atoms with van der Waals surface area (Å²) in [5.41, 5.74) is 5.43. The van der Waals surface area contributed by atoms with Gasteiger partial charge in [-0.05, 0) is 72.7 Å². The average Bonchev–Trinajstić information content (AvgIpc) is 3.20. The molecule has 0 bridgehead atoms. The molecular weight excluding hydrogens is 586 g/mol. The molecule has 8 nitrogen and oxygen atoms in total. The van der Waals surface area contributed by atoms with Gasteiger partial charge in [-0.2, -0.15) is 5.26 Å². The van der Waals surface area contributed by atoms with E-state index < -0.39 is 23.7 Å². The number of esters is 1. The van der Waals surface area contributed by atoms with Gasteiger partial charge >= 0.3 is 5.97 Å². The van der Waals surface area contributed by atoms with Gasteiger partial charge in [0, 0.05) is 17.7 Å². The van der Waals surface area contributed by atoms with Crippen molar-refractivity contribution in [2.45, 2.75) is 48.8 Å². The second kappa shape index (κ2) is 13.3. The largest absolute Gasteiger partial charge is 0.454 e. The van der Waals surface area contributed by atoms with E-state index in [1.165, 1.54) is 24.3 Å². The van der Waals surface area contributed by atoms with Gasteiger partial charge in [-0.3, -0.25) is 14.4 Å². The smallest absolute Gasteiger partial charge is 0.338 e. The molecular formula is C36H29N3O5S. The van der Waals surface area contributed by atoms with Crippen LogP contribution in [0.4, 0.5) is 5.69 Å². The van der Waals surface area contributed by atoms with Crippen LogP contribution in [0, 0.1) is 11.3 Å². The number of aryl methyl sites for hydroxylation is 2. The Balaban J connectivity index is 1.07. The van der Waals surface area contributed by atoms with Crippen LogP contribution in [0.1, 0.15) is 63.2 Å². The van der Waals surface area contributed by atoms with Crippen molar-refractivity contribution in [1.29, 1.82) is 5.26 Å². The Morgan fingerprint density at radius 2 is 1.58 bits per heavy atom. The van der Waals surface area contributed by atoms with E-state index in [9.17, 15) is 24.4 Å². The maximum Gasteiger partial charge on any atom is 0.338 e. The van der Waals surface area contributed by atoms with E-state index >= 15 is 0 Å². The summed E-state index contributed by atoms with van der Waals surface area (Å²) < 4.78 is 5.25. The van der Waals surface area contributed by atoms with Gasteiger partial charge in [-0.15, -0.1) is 0 Å². The topological polar surface area (TPSA) is 117 Å². The first kappa shape index (κ1) is 30.0. The number of hydrogen-bond donors (Lipinski definition) is 0. The molecule has 1 aromatic heterocycles. The number of pyridine rings is 1. The number of rotatable bonds is 8. The summed E-state index contributed by atoms with van der Waals surface area (Å²) >= 11 is 1.16. The molecule has 1 unspecified atom stereocenters. The molecule has 6 rings (SSSR count). The van der Waals surface area contributed by atoms with Crippen molar-refractivity contribution in [1.82, 2.24) is 4.98 Å². The minimum atomic E-state index is -0.710. The first-order valence-corrected chi connectivity index (χ1v) is 15.7. The maximum atomic E-state index is 13.3. The van der Waals surface area contributed by atoms with E-state index in [2.05, 4.69) is 6.07 Å². The van der Waals surface area contributed by atoms with Crippen LogP contribution < -0.4 is 4.90 Å². The first-order valence-electron chi connectivity index (χ1n) is 14.8. The molecule has 1 aliphatic carbocycles. The molecule has 1 saturated heterocycles. The lowest BCUT2D eigenvalue weighted by Crippen LogP contribution is -2.31. The van der Waals surface area contributed by atoms with E-state index in [1.54, 1.807) is 12.1 Å². The van der Waals surface area contributed by atoms with Crippen LogP contribution in [0.3, 0.4) is 0 Å². The molecule has 0 radical (unpaired) electrons. The number of Topliss-reactive ketones (excluding diaryl/α,β-unsaturated/α-hetero) is 1. The van der Waals surface area contributed by atoms with Crippen molar-refractivity contribution in [2.75, 3.05) is 11.5 Å². The number of anilines is 1. The van der Waals surface area contributed by atoms with Gasteiger partial charge in [0.15, 0.2) is 12.4 Å². The Morgan fingerprint density at radius 1 is 0.889 bits per heavy atom. The van der Waals surface area contributed by atoms with Gasteiger partial charge in [-0.1, -0.05) is 72.8 Å². The van der Waals surface area contributed by atoms with Crippen LogP contribution in [0.25, 0.3) is 11.1 Å². The number of ether oxygens (including phenoxy) is 1. The number of thioether (sulfide) groups is 1. The fourth-order valence-corrected chi connectivity index (χ4v) is 6.68. The zero-order chi connectivity index (χ0) is 31.3. The highest BCUT2D eigenvalue weighted by atomic mass is 32.2. The number of ketones is 1. The number of amides is 2. The maximum absolute atomic E-state index is 13.3. The second-order valence-corrected chi connectivity index (χ2v) is 12.2. The summed E-state index contributed by atoms with van der Waals surface area (Å²) in [5.74, 6) is -1.80. The standard InChI is InChI=1S/C36H29N3O5S/c37-21-28-19-27-9-5-2-6-10-30(27)38-34(28)45-32-20-33(41)39(35(32)42)29-17-15-26(16-18-29)36(43)44-22-31(40)25-13-11-24(12-14-25)23-7-3-1-4-8-23/h1,3-4,7-8,11-19,32H,2,5-6,9-10,20,22H2. The van der Waals surface area contributed by atoms with Crippen molar-refractivity contribution < 1.29 is 23.9 Å². The molecule has 2 amide bonds. The van der Waals surface area contributed by atoms with Crippen molar-refractivity contribution in [3.63, 3.8) is 0 Å². The molecule has 1 atom stereocenters. The fraction of sp³-hybridized carbons (Fsp3) is 0.222. The summed E-state index contributed by atoms with van der Waals surface area (Å²) in [6.07, 6.45) is 4.92. The molecule has 0 N–H and O–H groups in total. The molecule has 45 heavy (non-hydrogen) atoms. The lowest BCUT2D eigenvalue weighted by Gasteiger charge is -2.16. The predicted octanol–water partition coefficient (Wildman–Crippen LogP) is 6.35. The number of nitrogens with zero attached hydrogens (tertiary/aromatic N) is 3. The molecule has 4 aromatic rings. The Kier molecular flexibility index (Phi) is 8.85. The average molecular weight is 616 g/mol.